The van der Waals surface area contributed by atoms with Gasteiger partial charge in [0.05, 0.1) is 37.0 Å². The summed E-state index contributed by atoms with van der Waals surface area (Å²) in [6.07, 6.45) is 0. The highest BCUT2D eigenvalue weighted by molar-refractivity contribution is 5.97. The van der Waals surface area contributed by atoms with Gasteiger partial charge in [-0.3, -0.25) is 9.48 Å². The lowest BCUT2D eigenvalue weighted by Crippen LogP contribution is -2.32. The van der Waals surface area contributed by atoms with Gasteiger partial charge < -0.3 is 20.1 Å². The molecule has 2 N–H and O–H groups in total. The zero-order valence-corrected chi connectivity index (χ0v) is 14.9. The van der Waals surface area contributed by atoms with Gasteiger partial charge in [-0.05, 0) is 32.9 Å². The molecule has 0 aliphatic carbocycles. The number of carbonyl (C=O) groups excluding carboxylic acids is 1. The fourth-order valence-corrected chi connectivity index (χ4v) is 2.40. The van der Waals surface area contributed by atoms with Crippen LogP contribution in [0.15, 0.2) is 18.2 Å². The van der Waals surface area contributed by atoms with Crippen LogP contribution in [0.5, 0.6) is 11.5 Å². The average molecular weight is 332 g/mol. The van der Waals surface area contributed by atoms with Crippen LogP contribution in [-0.4, -0.2) is 35.9 Å². The number of amides is 1. The van der Waals surface area contributed by atoms with Crippen LogP contribution in [-0.2, 0) is 11.8 Å². The van der Waals surface area contributed by atoms with E-state index >= 15 is 0 Å². The van der Waals surface area contributed by atoms with E-state index in [1.807, 2.05) is 33.0 Å². The number of nitrogens with one attached hydrogen (secondary N) is 2. The largest absolute Gasteiger partial charge is 0.497 e. The molecule has 0 saturated heterocycles. The van der Waals surface area contributed by atoms with Crippen LogP contribution in [0.3, 0.4) is 0 Å². The topological polar surface area (TPSA) is 77.4 Å². The monoisotopic (exact) mass is 332 g/mol. The number of rotatable bonds is 6. The van der Waals surface area contributed by atoms with Crippen molar-refractivity contribution in [1.29, 1.82) is 0 Å². The Balaban J connectivity index is 2.12. The second-order valence-corrected chi connectivity index (χ2v) is 5.59. The van der Waals surface area contributed by atoms with E-state index in [2.05, 4.69) is 15.7 Å². The predicted molar refractivity (Wildman–Crippen MR) is 93.9 cm³/mol. The number of hydrogen-bond donors (Lipinski definition) is 2. The first-order chi connectivity index (χ1) is 11.4. The van der Waals surface area contributed by atoms with E-state index in [0.29, 0.717) is 11.5 Å². The fourth-order valence-electron chi connectivity index (χ4n) is 2.40. The second-order valence-electron chi connectivity index (χ2n) is 5.59. The number of carbonyl (C=O) groups is 1. The summed E-state index contributed by atoms with van der Waals surface area (Å²) >= 11 is 0. The third-order valence-corrected chi connectivity index (χ3v) is 3.93. The van der Waals surface area contributed by atoms with Gasteiger partial charge in [0.25, 0.3) is 0 Å². The van der Waals surface area contributed by atoms with Crippen LogP contribution in [0.2, 0.25) is 0 Å². The summed E-state index contributed by atoms with van der Waals surface area (Å²) in [6, 6.07) is 4.95. The molecule has 0 aliphatic heterocycles. The van der Waals surface area contributed by atoms with Crippen LogP contribution < -0.4 is 20.1 Å². The molecule has 2 aromatic rings. The number of hydrogen-bond acceptors (Lipinski definition) is 5. The lowest BCUT2D eigenvalue weighted by molar-refractivity contribution is -0.116. The normalized spacial score (nSPS) is 11.8. The lowest BCUT2D eigenvalue weighted by Gasteiger charge is -2.18. The number of aromatic nitrogens is 2. The molecular formula is C17H24N4O3. The first-order valence-corrected chi connectivity index (χ1v) is 7.67. The summed E-state index contributed by atoms with van der Waals surface area (Å²) in [5.74, 6) is 1.16. The zero-order chi connectivity index (χ0) is 17.9. The Morgan fingerprint density at radius 1 is 1.25 bits per heavy atom. The molecule has 2 rings (SSSR count). The molecule has 7 nitrogen and oxygen atoms in total. The highest BCUT2D eigenvalue weighted by Crippen LogP contribution is 2.29. The molecule has 0 bridgehead atoms. The fraction of sp³-hybridized carbons (Fsp3) is 0.412. The molecule has 1 aromatic carbocycles. The highest BCUT2D eigenvalue weighted by atomic mass is 16.5. The second kappa shape index (κ2) is 7.25. The Bertz CT molecular complexity index is 740. The standard InChI is InChI=1S/C17H24N4O3/c1-10-16(12(3)21(4)20-10)19-17(22)11(2)18-14-8-7-13(23-5)9-15(14)24-6/h7-9,11,18H,1-6H3,(H,19,22)/t11-/m0/s1. The third kappa shape index (κ3) is 3.61. The highest BCUT2D eigenvalue weighted by Gasteiger charge is 2.18. The molecule has 1 atom stereocenters. The van der Waals surface area contributed by atoms with Gasteiger partial charge in [0.15, 0.2) is 0 Å². The average Bonchev–Trinajstić information content (AvgIpc) is 2.81. The first-order valence-electron chi connectivity index (χ1n) is 7.67. The van der Waals surface area contributed by atoms with E-state index in [-0.39, 0.29) is 5.91 Å². The minimum atomic E-state index is -0.452. The minimum Gasteiger partial charge on any atom is -0.497 e. The van der Waals surface area contributed by atoms with Gasteiger partial charge in [0, 0.05) is 13.1 Å². The molecule has 130 valence electrons. The summed E-state index contributed by atoms with van der Waals surface area (Å²) in [6.45, 7) is 5.58. The molecule has 1 aromatic heterocycles. The Labute approximate surface area is 142 Å². The van der Waals surface area contributed by atoms with E-state index in [1.54, 1.807) is 31.9 Å². The van der Waals surface area contributed by atoms with Gasteiger partial charge in [0.2, 0.25) is 5.91 Å². The van der Waals surface area contributed by atoms with Gasteiger partial charge in [0.1, 0.15) is 17.5 Å². The van der Waals surface area contributed by atoms with Gasteiger partial charge in [-0.1, -0.05) is 0 Å². The number of benzene rings is 1. The maximum Gasteiger partial charge on any atom is 0.246 e. The van der Waals surface area contributed by atoms with Crippen LogP contribution in [0.25, 0.3) is 0 Å². The van der Waals surface area contributed by atoms with E-state index in [1.165, 1.54) is 0 Å². The summed E-state index contributed by atoms with van der Waals surface area (Å²) in [4.78, 5) is 12.5. The molecule has 0 fully saturated rings. The van der Waals surface area contributed by atoms with Crippen molar-refractivity contribution in [2.24, 2.45) is 7.05 Å². The molecule has 24 heavy (non-hydrogen) atoms. The van der Waals surface area contributed by atoms with Crippen molar-refractivity contribution in [3.63, 3.8) is 0 Å². The predicted octanol–water partition coefficient (Wildman–Crippen LogP) is 2.49. The lowest BCUT2D eigenvalue weighted by atomic mass is 10.2. The Morgan fingerprint density at radius 2 is 1.96 bits per heavy atom. The summed E-state index contributed by atoms with van der Waals surface area (Å²) in [5, 5.41) is 10.4. The number of anilines is 2. The van der Waals surface area contributed by atoms with Crippen molar-refractivity contribution in [2.45, 2.75) is 26.8 Å². The van der Waals surface area contributed by atoms with Crippen molar-refractivity contribution in [3.05, 3.63) is 29.6 Å². The van der Waals surface area contributed by atoms with Gasteiger partial charge in [-0.25, -0.2) is 0 Å². The Kier molecular flexibility index (Phi) is 5.33. The third-order valence-electron chi connectivity index (χ3n) is 3.93. The van der Waals surface area contributed by atoms with E-state index in [9.17, 15) is 4.79 Å². The van der Waals surface area contributed by atoms with Gasteiger partial charge in [-0.2, -0.15) is 5.10 Å². The quantitative estimate of drug-likeness (QED) is 0.850. The van der Waals surface area contributed by atoms with E-state index in [4.69, 9.17) is 9.47 Å². The Morgan fingerprint density at radius 3 is 2.50 bits per heavy atom. The maximum absolute atomic E-state index is 12.5. The van der Waals surface area contributed by atoms with Crippen LogP contribution in [0, 0.1) is 13.8 Å². The van der Waals surface area contributed by atoms with Crippen molar-refractivity contribution >= 4 is 17.3 Å². The van der Waals surface area contributed by atoms with E-state index in [0.717, 1.165) is 22.8 Å². The van der Waals surface area contributed by atoms with Crippen LogP contribution in [0.1, 0.15) is 18.3 Å². The van der Waals surface area contributed by atoms with Crippen molar-refractivity contribution in [1.82, 2.24) is 9.78 Å². The van der Waals surface area contributed by atoms with Crippen molar-refractivity contribution in [2.75, 3.05) is 24.9 Å². The molecule has 7 heteroatoms. The number of ether oxygens (including phenoxy) is 2. The number of methoxy groups -OCH3 is 2. The zero-order valence-electron chi connectivity index (χ0n) is 14.9. The summed E-state index contributed by atoms with van der Waals surface area (Å²) < 4.78 is 12.3. The molecular weight excluding hydrogens is 308 g/mol. The summed E-state index contributed by atoms with van der Waals surface area (Å²) in [7, 11) is 5.02. The van der Waals surface area contributed by atoms with Crippen molar-refractivity contribution < 1.29 is 14.3 Å². The Hall–Kier alpha value is -2.70. The molecule has 0 unspecified atom stereocenters. The maximum atomic E-state index is 12.5. The molecule has 1 heterocycles. The molecule has 0 spiro atoms. The van der Waals surface area contributed by atoms with E-state index < -0.39 is 6.04 Å². The van der Waals surface area contributed by atoms with Crippen molar-refractivity contribution in [3.8, 4) is 11.5 Å². The van der Waals surface area contributed by atoms with Gasteiger partial charge in [-0.15, -0.1) is 0 Å². The number of nitrogens with zero attached hydrogens (tertiary/aromatic N) is 2. The smallest absolute Gasteiger partial charge is 0.246 e. The number of aryl methyl sites for hydroxylation is 2. The molecule has 1 amide bonds. The summed E-state index contributed by atoms with van der Waals surface area (Å²) in [5.41, 5.74) is 3.17. The first kappa shape index (κ1) is 17.7. The van der Waals surface area contributed by atoms with Crippen LogP contribution >= 0.6 is 0 Å². The van der Waals surface area contributed by atoms with Gasteiger partial charge >= 0.3 is 0 Å². The molecule has 0 saturated carbocycles. The minimum absolute atomic E-state index is 0.146. The molecule has 0 aliphatic rings. The van der Waals surface area contributed by atoms with Crippen LogP contribution in [0.4, 0.5) is 11.4 Å². The SMILES string of the molecule is COc1ccc(N[C@@H](C)C(=O)Nc2c(C)nn(C)c2C)c(OC)c1. The molecule has 0 radical (unpaired) electrons.